The van der Waals surface area contributed by atoms with Crippen LogP contribution in [0.2, 0.25) is 0 Å². The molecule has 164 valence electrons. The molecule has 2 atom stereocenters. The van der Waals surface area contributed by atoms with Crippen molar-refractivity contribution in [2.45, 2.75) is 38.3 Å². The maximum absolute atomic E-state index is 13.0. The van der Waals surface area contributed by atoms with E-state index in [1.807, 2.05) is 0 Å². The van der Waals surface area contributed by atoms with Crippen molar-refractivity contribution in [2.75, 3.05) is 13.1 Å². The number of primary amides is 1. The summed E-state index contributed by atoms with van der Waals surface area (Å²) in [5.74, 6) is -1.71. The number of carbonyl (C=O) groups excluding carboxylic acids is 4. The van der Waals surface area contributed by atoms with E-state index < -0.39 is 23.8 Å². The highest BCUT2D eigenvalue weighted by atomic mass is 32.1. The lowest BCUT2D eigenvalue weighted by Crippen LogP contribution is -2.57. The molecule has 0 aliphatic carbocycles. The van der Waals surface area contributed by atoms with E-state index in [-0.39, 0.29) is 49.3 Å². The minimum absolute atomic E-state index is 0.00940. The fourth-order valence-corrected chi connectivity index (χ4v) is 3.89. The highest BCUT2D eigenvalue weighted by molar-refractivity contribution is 7.09. The summed E-state index contributed by atoms with van der Waals surface area (Å²) in [5, 5.41) is 7.90. The van der Waals surface area contributed by atoms with Crippen LogP contribution in [0.5, 0.6) is 0 Å². The molecule has 2 aromatic heterocycles. The second kappa shape index (κ2) is 10.1. The first-order valence-electron chi connectivity index (χ1n) is 9.71. The minimum atomic E-state index is -0.830. The Balaban J connectivity index is 1.72. The van der Waals surface area contributed by atoms with Gasteiger partial charge < -0.3 is 21.3 Å². The summed E-state index contributed by atoms with van der Waals surface area (Å²) in [6, 6.07) is -1.18. The Morgan fingerprint density at radius 2 is 2.06 bits per heavy atom. The molecule has 0 aromatic carbocycles. The summed E-state index contributed by atoms with van der Waals surface area (Å²) in [5.41, 5.74) is 5.57. The van der Waals surface area contributed by atoms with E-state index in [0.29, 0.717) is 6.42 Å². The SMILES string of the molecule is Cc1nc(C(=O)N2CCC(NC(=O)c3cnccn3)CC2C(=O)NCCC(N)=O)cs1. The van der Waals surface area contributed by atoms with Gasteiger partial charge in [-0.05, 0) is 19.8 Å². The number of thiazole rings is 1. The van der Waals surface area contributed by atoms with E-state index in [2.05, 4.69) is 25.6 Å². The number of nitrogens with two attached hydrogens (primary N) is 1. The molecule has 1 aliphatic heterocycles. The summed E-state index contributed by atoms with van der Waals surface area (Å²) < 4.78 is 0. The van der Waals surface area contributed by atoms with Gasteiger partial charge in [0.2, 0.25) is 11.8 Å². The van der Waals surface area contributed by atoms with Gasteiger partial charge in [0.25, 0.3) is 11.8 Å². The molecule has 11 nitrogen and oxygen atoms in total. The Bertz CT molecular complexity index is 965. The first-order valence-corrected chi connectivity index (χ1v) is 10.6. The third-order valence-electron chi connectivity index (χ3n) is 4.81. The molecule has 3 heterocycles. The quantitative estimate of drug-likeness (QED) is 0.524. The van der Waals surface area contributed by atoms with Crippen molar-refractivity contribution in [3.8, 4) is 0 Å². The molecule has 1 saturated heterocycles. The van der Waals surface area contributed by atoms with E-state index in [4.69, 9.17) is 5.73 Å². The second-order valence-corrected chi connectivity index (χ2v) is 8.12. The maximum Gasteiger partial charge on any atom is 0.274 e. The van der Waals surface area contributed by atoms with Gasteiger partial charge >= 0.3 is 0 Å². The topological polar surface area (TPSA) is 160 Å². The number of nitrogens with one attached hydrogen (secondary N) is 2. The summed E-state index contributed by atoms with van der Waals surface area (Å²) in [4.78, 5) is 62.7. The summed E-state index contributed by atoms with van der Waals surface area (Å²) in [7, 11) is 0. The van der Waals surface area contributed by atoms with Crippen LogP contribution in [-0.2, 0) is 9.59 Å². The fourth-order valence-electron chi connectivity index (χ4n) is 3.30. The third kappa shape index (κ3) is 5.81. The van der Waals surface area contributed by atoms with Crippen molar-refractivity contribution in [1.82, 2.24) is 30.5 Å². The number of amides is 4. The molecule has 0 bridgehead atoms. The average molecular weight is 446 g/mol. The number of hydrogen-bond donors (Lipinski definition) is 3. The van der Waals surface area contributed by atoms with Crippen LogP contribution < -0.4 is 16.4 Å². The van der Waals surface area contributed by atoms with E-state index in [1.165, 1.54) is 34.8 Å². The molecule has 1 aliphatic rings. The van der Waals surface area contributed by atoms with Crippen molar-refractivity contribution in [1.29, 1.82) is 0 Å². The van der Waals surface area contributed by atoms with Gasteiger partial charge in [0.1, 0.15) is 17.4 Å². The van der Waals surface area contributed by atoms with Gasteiger partial charge in [-0.3, -0.25) is 24.2 Å². The summed E-state index contributed by atoms with van der Waals surface area (Å²) in [6.45, 7) is 2.12. The molecule has 2 unspecified atom stereocenters. The average Bonchev–Trinajstić information content (AvgIpc) is 3.19. The molecule has 0 saturated carbocycles. The molecule has 31 heavy (non-hydrogen) atoms. The third-order valence-corrected chi connectivity index (χ3v) is 5.58. The summed E-state index contributed by atoms with van der Waals surface area (Å²) in [6.07, 6.45) is 4.90. The Kier molecular flexibility index (Phi) is 7.23. The van der Waals surface area contributed by atoms with Crippen molar-refractivity contribution in [3.05, 3.63) is 40.4 Å². The number of piperidine rings is 1. The number of hydrogen-bond acceptors (Lipinski definition) is 8. The number of rotatable bonds is 7. The van der Waals surface area contributed by atoms with Gasteiger partial charge in [-0.15, -0.1) is 11.3 Å². The van der Waals surface area contributed by atoms with Crippen LogP contribution in [0.4, 0.5) is 0 Å². The predicted molar refractivity (Wildman–Crippen MR) is 111 cm³/mol. The number of carbonyl (C=O) groups is 4. The fraction of sp³-hybridized carbons (Fsp3) is 0.421. The number of likely N-dealkylation sites (tertiary alicyclic amines) is 1. The van der Waals surface area contributed by atoms with E-state index in [0.717, 1.165) is 5.01 Å². The van der Waals surface area contributed by atoms with Gasteiger partial charge in [-0.1, -0.05) is 0 Å². The van der Waals surface area contributed by atoms with Crippen LogP contribution in [-0.4, -0.2) is 68.7 Å². The van der Waals surface area contributed by atoms with Crippen molar-refractivity contribution < 1.29 is 19.2 Å². The number of nitrogens with zero attached hydrogens (tertiary/aromatic N) is 4. The molecule has 4 amide bonds. The second-order valence-electron chi connectivity index (χ2n) is 7.06. The van der Waals surface area contributed by atoms with Crippen LogP contribution in [0.15, 0.2) is 24.0 Å². The Morgan fingerprint density at radius 1 is 1.26 bits per heavy atom. The zero-order chi connectivity index (χ0) is 22.4. The van der Waals surface area contributed by atoms with Crippen LogP contribution >= 0.6 is 11.3 Å². The Morgan fingerprint density at radius 3 is 2.71 bits per heavy atom. The van der Waals surface area contributed by atoms with Crippen LogP contribution in [0, 0.1) is 6.92 Å². The van der Waals surface area contributed by atoms with E-state index >= 15 is 0 Å². The van der Waals surface area contributed by atoms with E-state index in [9.17, 15) is 19.2 Å². The molecule has 2 aromatic rings. The lowest BCUT2D eigenvalue weighted by Gasteiger charge is -2.38. The molecule has 3 rings (SSSR count). The molecule has 12 heteroatoms. The molecule has 0 spiro atoms. The maximum atomic E-state index is 13.0. The van der Waals surface area contributed by atoms with Gasteiger partial charge in [-0.2, -0.15) is 0 Å². The Labute approximate surface area is 182 Å². The predicted octanol–water partition coefficient (Wildman–Crippen LogP) is -0.364. The van der Waals surface area contributed by atoms with Gasteiger partial charge in [0.15, 0.2) is 0 Å². The van der Waals surface area contributed by atoms with Crippen molar-refractivity contribution in [2.24, 2.45) is 5.73 Å². The van der Waals surface area contributed by atoms with Crippen LogP contribution in [0.3, 0.4) is 0 Å². The van der Waals surface area contributed by atoms with Crippen LogP contribution in [0.25, 0.3) is 0 Å². The standard InChI is InChI=1S/C19H23N7O4S/c1-11-24-14(10-31-11)19(30)26-7-3-12(25-17(28)13-9-21-5-6-22-13)8-15(26)18(29)23-4-2-16(20)27/h5-6,9-10,12,15H,2-4,7-8H2,1H3,(H2,20,27)(H,23,29)(H,25,28). The molecule has 4 N–H and O–H groups in total. The molecule has 1 fully saturated rings. The molecule has 0 radical (unpaired) electrons. The van der Waals surface area contributed by atoms with Crippen LogP contribution in [0.1, 0.15) is 45.2 Å². The largest absolute Gasteiger partial charge is 0.370 e. The molecular weight excluding hydrogens is 422 g/mol. The lowest BCUT2D eigenvalue weighted by molar-refractivity contribution is -0.127. The first kappa shape index (κ1) is 22.3. The lowest BCUT2D eigenvalue weighted by atomic mass is 9.95. The minimum Gasteiger partial charge on any atom is -0.370 e. The molecular formula is C19H23N7O4S. The number of aromatic nitrogens is 3. The zero-order valence-corrected chi connectivity index (χ0v) is 17.7. The van der Waals surface area contributed by atoms with Crippen molar-refractivity contribution >= 4 is 35.0 Å². The van der Waals surface area contributed by atoms with Gasteiger partial charge in [0.05, 0.1) is 11.2 Å². The normalized spacial score (nSPS) is 18.3. The summed E-state index contributed by atoms with van der Waals surface area (Å²) >= 11 is 1.35. The zero-order valence-electron chi connectivity index (χ0n) is 16.9. The smallest absolute Gasteiger partial charge is 0.274 e. The highest BCUT2D eigenvalue weighted by Gasteiger charge is 2.37. The van der Waals surface area contributed by atoms with E-state index in [1.54, 1.807) is 12.3 Å². The van der Waals surface area contributed by atoms with Gasteiger partial charge in [0, 0.05) is 43.3 Å². The monoisotopic (exact) mass is 445 g/mol. The van der Waals surface area contributed by atoms with Gasteiger partial charge in [-0.25, -0.2) is 9.97 Å². The number of aryl methyl sites for hydroxylation is 1. The van der Waals surface area contributed by atoms with Crippen molar-refractivity contribution in [3.63, 3.8) is 0 Å². The highest BCUT2D eigenvalue weighted by Crippen LogP contribution is 2.22. The first-order chi connectivity index (χ1) is 14.8. The Hall–Kier alpha value is -3.41.